The van der Waals surface area contributed by atoms with Crippen molar-refractivity contribution in [1.82, 2.24) is 4.31 Å². The summed E-state index contributed by atoms with van der Waals surface area (Å²) in [6.45, 7) is 0.290. The van der Waals surface area contributed by atoms with Crippen LogP contribution in [0.2, 0.25) is 0 Å². The van der Waals surface area contributed by atoms with Gasteiger partial charge in [-0.25, -0.2) is 8.42 Å². The van der Waals surface area contributed by atoms with Gasteiger partial charge in [-0.15, -0.1) is 0 Å². The Bertz CT molecular complexity index is 1370. The zero-order valence-corrected chi connectivity index (χ0v) is 19.5. The highest BCUT2D eigenvalue weighted by Gasteiger charge is 2.48. The number of fused-ring (bicyclic) bond motifs is 3. The summed E-state index contributed by atoms with van der Waals surface area (Å²) in [6, 6.07) is 21.2. The molecule has 2 N–H and O–H groups in total. The van der Waals surface area contributed by atoms with Crippen molar-refractivity contribution in [2.75, 3.05) is 25.6 Å². The molecule has 0 saturated carbocycles. The lowest BCUT2D eigenvalue weighted by molar-refractivity contribution is 0.210. The molecule has 3 atom stereocenters. The SMILES string of the molecule is COc1ccc(S(=O)(=O)N2CC[C@@H]3[C@H]2c2cc(-c4cccc(C#N)c4)ccc2N[C@@H]3CO)cc1. The van der Waals surface area contributed by atoms with Crippen molar-refractivity contribution < 1.29 is 18.3 Å². The van der Waals surface area contributed by atoms with Gasteiger partial charge in [0.2, 0.25) is 10.0 Å². The fourth-order valence-electron chi connectivity index (χ4n) is 5.12. The highest BCUT2D eigenvalue weighted by atomic mass is 32.2. The number of hydrogen-bond donors (Lipinski definition) is 2. The largest absolute Gasteiger partial charge is 0.497 e. The second-order valence-electron chi connectivity index (χ2n) is 8.62. The number of anilines is 1. The van der Waals surface area contributed by atoms with Crippen LogP contribution in [0.15, 0.2) is 71.6 Å². The average molecular weight is 476 g/mol. The van der Waals surface area contributed by atoms with E-state index in [1.54, 1.807) is 41.7 Å². The molecular weight excluding hydrogens is 450 g/mol. The Morgan fingerprint density at radius 3 is 2.59 bits per heavy atom. The smallest absolute Gasteiger partial charge is 0.243 e. The summed E-state index contributed by atoms with van der Waals surface area (Å²) >= 11 is 0. The maximum atomic E-state index is 13.7. The van der Waals surface area contributed by atoms with E-state index in [1.165, 1.54) is 0 Å². The molecule has 0 unspecified atom stereocenters. The Kier molecular flexibility index (Phi) is 5.78. The number of nitriles is 1. The van der Waals surface area contributed by atoms with Crippen molar-refractivity contribution >= 4 is 15.7 Å². The molecule has 3 aromatic carbocycles. The monoisotopic (exact) mass is 475 g/mol. The third-order valence-corrected chi connectivity index (χ3v) is 8.71. The zero-order chi connectivity index (χ0) is 23.9. The summed E-state index contributed by atoms with van der Waals surface area (Å²) in [6.07, 6.45) is 0.645. The maximum absolute atomic E-state index is 13.7. The summed E-state index contributed by atoms with van der Waals surface area (Å²) in [4.78, 5) is 0.215. The lowest BCUT2D eigenvalue weighted by Crippen LogP contribution is -2.42. The number of methoxy groups -OCH3 is 1. The van der Waals surface area contributed by atoms with Crippen LogP contribution >= 0.6 is 0 Å². The van der Waals surface area contributed by atoms with E-state index in [2.05, 4.69) is 11.4 Å². The number of rotatable bonds is 5. The van der Waals surface area contributed by atoms with E-state index in [0.29, 0.717) is 24.3 Å². The molecule has 3 aromatic rings. The molecule has 0 bridgehead atoms. The molecular formula is C26H25N3O4S. The molecule has 0 amide bonds. The van der Waals surface area contributed by atoms with Crippen LogP contribution in [-0.4, -0.2) is 44.1 Å². The van der Waals surface area contributed by atoms with Gasteiger partial charge in [0.05, 0.1) is 42.3 Å². The summed E-state index contributed by atoms with van der Waals surface area (Å²) in [5.41, 5.74) is 4.07. The molecule has 0 radical (unpaired) electrons. The molecule has 1 fully saturated rings. The molecule has 34 heavy (non-hydrogen) atoms. The van der Waals surface area contributed by atoms with Crippen LogP contribution in [0.1, 0.15) is 23.6 Å². The lowest BCUT2D eigenvalue weighted by Gasteiger charge is -2.39. The van der Waals surface area contributed by atoms with E-state index in [4.69, 9.17) is 4.74 Å². The molecule has 8 heteroatoms. The van der Waals surface area contributed by atoms with E-state index in [9.17, 15) is 18.8 Å². The van der Waals surface area contributed by atoms with Gasteiger partial charge in [0.25, 0.3) is 0 Å². The van der Waals surface area contributed by atoms with Crippen molar-refractivity contribution in [2.24, 2.45) is 5.92 Å². The zero-order valence-electron chi connectivity index (χ0n) is 18.7. The van der Waals surface area contributed by atoms with Crippen LogP contribution in [0.4, 0.5) is 5.69 Å². The third-order valence-electron chi connectivity index (χ3n) is 6.81. The van der Waals surface area contributed by atoms with Gasteiger partial charge in [0.15, 0.2) is 0 Å². The van der Waals surface area contributed by atoms with E-state index in [0.717, 1.165) is 22.4 Å². The van der Waals surface area contributed by atoms with Gasteiger partial charge in [-0.2, -0.15) is 9.57 Å². The first-order chi connectivity index (χ1) is 16.5. The van der Waals surface area contributed by atoms with E-state index < -0.39 is 16.1 Å². The second kappa shape index (κ2) is 8.76. The predicted molar refractivity (Wildman–Crippen MR) is 129 cm³/mol. The van der Waals surface area contributed by atoms with Crippen molar-refractivity contribution in [2.45, 2.75) is 23.4 Å². The molecule has 7 nitrogen and oxygen atoms in total. The predicted octanol–water partition coefficient (Wildman–Crippen LogP) is 3.77. The molecule has 2 aliphatic heterocycles. The van der Waals surface area contributed by atoms with Crippen LogP contribution in [0.3, 0.4) is 0 Å². The highest BCUT2D eigenvalue weighted by molar-refractivity contribution is 7.89. The lowest BCUT2D eigenvalue weighted by atomic mass is 9.82. The van der Waals surface area contributed by atoms with Gasteiger partial charge in [0.1, 0.15) is 5.75 Å². The Morgan fingerprint density at radius 2 is 1.88 bits per heavy atom. The molecule has 0 aromatic heterocycles. The maximum Gasteiger partial charge on any atom is 0.243 e. The minimum Gasteiger partial charge on any atom is -0.497 e. The van der Waals surface area contributed by atoms with E-state index in [-0.39, 0.29) is 23.5 Å². The molecule has 1 saturated heterocycles. The Hall–Kier alpha value is -3.38. The fraction of sp³-hybridized carbons (Fsp3) is 0.269. The average Bonchev–Trinajstić information content (AvgIpc) is 3.34. The normalized spacial score (nSPS) is 21.7. The molecule has 2 heterocycles. The Morgan fingerprint density at radius 1 is 1.12 bits per heavy atom. The van der Waals surface area contributed by atoms with Gasteiger partial charge in [-0.1, -0.05) is 18.2 Å². The van der Waals surface area contributed by atoms with Crippen molar-refractivity contribution in [1.29, 1.82) is 5.26 Å². The van der Waals surface area contributed by atoms with Crippen LogP contribution in [-0.2, 0) is 10.0 Å². The van der Waals surface area contributed by atoms with Gasteiger partial charge in [0, 0.05) is 18.2 Å². The van der Waals surface area contributed by atoms with Gasteiger partial charge in [-0.05, 0) is 71.6 Å². The number of nitrogens with one attached hydrogen (secondary N) is 1. The highest BCUT2D eigenvalue weighted by Crippen LogP contribution is 2.49. The number of ether oxygens (including phenoxy) is 1. The van der Waals surface area contributed by atoms with Crippen LogP contribution in [0.25, 0.3) is 11.1 Å². The molecule has 0 aliphatic carbocycles. The second-order valence-corrected chi connectivity index (χ2v) is 10.5. The number of aliphatic hydroxyl groups excluding tert-OH is 1. The van der Waals surface area contributed by atoms with Crippen molar-refractivity contribution in [3.63, 3.8) is 0 Å². The standard InChI is InChI=1S/C26H25N3O4S/c1-33-20-6-8-21(9-7-20)34(31,32)29-12-11-22-25(16-30)28-24-10-5-19(14-23(24)26(22)29)18-4-2-3-17(13-18)15-27/h2-10,13-14,22,25-26,28,30H,11-12,16H2,1H3/t22-,25+,26-/m0/s1. The van der Waals surface area contributed by atoms with Gasteiger partial charge < -0.3 is 15.2 Å². The molecule has 2 aliphatic rings. The molecule has 5 rings (SSSR count). The first-order valence-corrected chi connectivity index (χ1v) is 12.6. The quantitative estimate of drug-likeness (QED) is 0.582. The summed E-state index contributed by atoms with van der Waals surface area (Å²) in [5, 5.41) is 22.7. The van der Waals surface area contributed by atoms with E-state index in [1.807, 2.05) is 36.4 Å². The minimum atomic E-state index is -3.77. The topological polar surface area (TPSA) is 103 Å². The van der Waals surface area contributed by atoms with Gasteiger partial charge in [-0.3, -0.25) is 0 Å². The number of hydrogen-bond acceptors (Lipinski definition) is 6. The number of aliphatic hydroxyl groups is 1. The van der Waals surface area contributed by atoms with E-state index >= 15 is 0 Å². The Labute approximate surface area is 199 Å². The molecule has 0 spiro atoms. The summed E-state index contributed by atoms with van der Waals surface area (Å²) in [7, 11) is -2.23. The number of sulfonamides is 1. The summed E-state index contributed by atoms with van der Waals surface area (Å²) in [5.74, 6) is 0.529. The first-order valence-electron chi connectivity index (χ1n) is 11.1. The fourth-order valence-corrected chi connectivity index (χ4v) is 6.79. The first kappa shape index (κ1) is 22.4. The number of benzene rings is 3. The third kappa shape index (κ3) is 3.72. The van der Waals surface area contributed by atoms with Crippen molar-refractivity contribution in [3.05, 3.63) is 77.9 Å². The van der Waals surface area contributed by atoms with Crippen LogP contribution < -0.4 is 10.1 Å². The summed E-state index contributed by atoms with van der Waals surface area (Å²) < 4.78 is 34.1. The van der Waals surface area contributed by atoms with Crippen LogP contribution in [0.5, 0.6) is 5.75 Å². The number of nitrogens with zero attached hydrogens (tertiary/aromatic N) is 2. The van der Waals surface area contributed by atoms with Crippen molar-refractivity contribution in [3.8, 4) is 22.9 Å². The Balaban J connectivity index is 1.59. The minimum absolute atomic E-state index is 0.0637. The molecule has 174 valence electrons. The van der Waals surface area contributed by atoms with Crippen LogP contribution in [0, 0.1) is 17.2 Å². The van der Waals surface area contributed by atoms with Gasteiger partial charge >= 0.3 is 0 Å².